The molecule has 1 fully saturated rings. The van der Waals surface area contributed by atoms with E-state index in [1.165, 1.54) is 0 Å². The first-order valence-corrected chi connectivity index (χ1v) is 11.5. The highest BCUT2D eigenvalue weighted by molar-refractivity contribution is 5.94. The lowest BCUT2D eigenvalue weighted by Gasteiger charge is -2.31. The van der Waals surface area contributed by atoms with Crippen LogP contribution in [0.5, 0.6) is 17.4 Å². The Morgan fingerprint density at radius 1 is 1.06 bits per heavy atom. The quantitative estimate of drug-likeness (QED) is 0.534. The summed E-state index contributed by atoms with van der Waals surface area (Å²) in [5, 5.41) is 2.95. The molecule has 1 aliphatic heterocycles. The molecule has 0 radical (unpaired) electrons. The van der Waals surface area contributed by atoms with Crippen molar-refractivity contribution in [3.05, 3.63) is 72.1 Å². The van der Waals surface area contributed by atoms with Gasteiger partial charge in [-0.3, -0.25) is 4.79 Å². The van der Waals surface area contributed by atoms with Gasteiger partial charge in [0.25, 0.3) is 11.8 Å². The minimum absolute atomic E-state index is 0.147. The van der Waals surface area contributed by atoms with Gasteiger partial charge in [-0.15, -0.1) is 0 Å². The third kappa shape index (κ3) is 6.00. The topological polar surface area (TPSA) is 76.6 Å². The van der Waals surface area contributed by atoms with Crippen molar-refractivity contribution in [2.45, 2.75) is 33.2 Å². The number of amides is 1. The van der Waals surface area contributed by atoms with E-state index in [4.69, 9.17) is 9.47 Å². The molecule has 0 unspecified atom stereocenters. The number of piperidine rings is 1. The van der Waals surface area contributed by atoms with E-state index in [1.54, 1.807) is 36.7 Å². The van der Waals surface area contributed by atoms with Gasteiger partial charge in [-0.25, -0.2) is 9.97 Å². The molecule has 172 valence electrons. The van der Waals surface area contributed by atoms with Gasteiger partial charge in [-0.2, -0.15) is 0 Å². The fraction of sp³-hybridized carbons (Fsp3) is 0.346. The third-order valence-electron chi connectivity index (χ3n) is 5.72. The van der Waals surface area contributed by atoms with Crippen molar-refractivity contribution in [1.29, 1.82) is 0 Å². The lowest BCUT2D eigenvalue weighted by molar-refractivity contribution is 0.0951. The van der Waals surface area contributed by atoms with Crippen LogP contribution in [0.2, 0.25) is 0 Å². The Labute approximate surface area is 194 Å². The van der Waals surface area contributed by atoms with Crippen LogP contribution in [0, 0.1) is 5.92 Å². The van der Waals surface area contributed by atoms with Gasteiger partial charge in [-0.1, -0.05) is 19.1 Å². The molecule has 1 aliphatic rings. The Balaban J connectivity index is 1.37. The molecule has 0 bridgehead atoms. The van der Waals surface area contributed by atoms with Crippen LogP contribution >= 0.6 is 0 Å². The van der Waals surface area contributed by atoms with Crippen molar-refractivity contribution in [1.82, 2.24) is 15.3 Å². The van der Waals surface area contributed by atoms with Crippen molar-refractivity contribution in [3.63, 3.8) is 0 Å². The van der Waals surface area contributed by atoms with Crippen molar-refractivity contribution in [2.75, 3.05) is 24.6 Å². The fourth-order valence-corrected chi connectivity index (χ4v) is 3.81. The summed E-state index contributed by atoms with van der Waals surface area (Å²) in [5.41, 5.74) is 1.55. The number of ether oxygens (including phenoxy) is 2. The molecule has 4 rings (SSSR count). The van der Waals surface area contributed by atoms with Crippen molar-refractivity contribution < 1.29 is 14.3 Å². The smallest absolute Gasteiger partial charge is 0.263 e. The lowest BCUT2D eigenvalue weighted by Crippen LogP contribution is -2.33. The van der Waals surface area contributed by atoms with E-state index < -0.39 is 0 Å². The number of rotatable bonds is 8. The summed E-state index contributed by atoms with van der Waals surface area (Å²) >= 11 is 0. The number of hydrogen-bond acceptors (Lipinski definition) is 6. The molecule has 1 aromatic heterocycles. The zero-order valence-electron chi connectivity index (χ0n) is 19.2. The maximum absolute atomic E-state index is 12.6. The molecule has 2 aromatic carbocycles. The highest BCUT2D eigenvalue weighted by Crippen LogP contribution is 2.30. The molecule has 1 N–H and O–H groups in total. The first-order valence-electron chi connectivity index (χ1n) is 11.5. The Morgan fingerprint density at radius 3 is 2.58 bits per heavy atom. The van der Waals surface area contributed by atoms with Gasteiger partial charge in [0.1, 0.15) is 11.5 Å². The predicted octanol–water partition coefficient (Wildman–Crippen LogP) is 4.83. The second kappa shape index (κ2) is 10.8. The molecule has 7 heteroatoms. The van der Waals surface area contributed by atoms with Gasteiger partial charge < -0.3 is 19.7 Å². The number of nitrogens with one attached hydrogen (secondary N) is 1. The maximum atomic E-state index is 12.6. The van der Waals surface area contributed by atoms with E-state index in [1.807, 2.05) is 31.2 Å². The molecule has 0 atom stereocenters. The molecular formula is C26H30N4O3. The number of hydrogen-bond donors (Lipinski definition) is 1. The lowest BCUT2D eigenvalue weighted by atomic mass is 9.99. The zero-order chi connectivity index (χ0) is 23.0. The van der Waals surface area contributed by atoms with Crippen LogP contribution in [-0.4, -0.2) is 35.6 Å². The summed E-state index contributed by atoms with van der Waals surface area (Å²) in [6.07, 6.45) is 5.59. The van der Waals surface area contributed by atoms with Gasteiger partial charge in [-0.05, 0) is 67.6 Å². The van der Waals surface area contributed by atoms with Gasteiger partial charge in [0.2, 0.25) is 0 Å². The normalized spacial score (nSPS) is 14.1. The van der Waals surface area contributed by atoms with Crippen LogP contribution in [0.4, 0.5) is 5.82 Å². The second-order valence-electron chi connectivity index (χ2n) is 8.24. The Kier molecular flexibility index (Phi) is 7.40. The van der Waals surface area contributed by atoms with Gasteiger partial charge in [0.15, 0.2) is 5.82 Å². The number of carbonyl (C=O) groups is 1. The van der Waals surface area contributed by atoms with Crippen LogP contribution in [0.25, 0.3) is 0 Å². The molecule has 0 aliphatic carbocycles. The van der Waals surface area contributed by atoms with Crippen LogP contribution in [0.1, 0.15) is 42.6 Å². The van der Waals surface area contributed by atoms with E-state index >= 15 is 0 Å². The summed E-state index contributed by atoms with van der Waals surface area (Å²) in [7, 11) is 0. The molecule has 1 saturated heterocycles. The highest BCUT2D eigenvalue weighted by Gasteiger charge is 2.21. The van der Waals surface area contributed by atoms with Crippen molar-refractivity contribution >= 4 is 11.7 Å². The van der Waals surface area contributed by atoms with Gasteiger partial charge in [0, 0.05) is 37.6 Å². The highest BCUT2D eigenvalue weighted by atomic mass is 16.5. The molecule has 2 heterocycles. The minimum Gasteiger partial charge on any atom is -0.494 e. The summed E-state index contributed by atoms with van der Waals surface area (Å²) < 4.78 is 11.5. The van der Waals surface area contributed by atoms with Crippen molar-refractivity contribution in [3.8, 4) is 17.4 Å². The molecule has 7 nitrogen and oxygen atoms in total. The Hall–Kier alpha value is -3.61. The largest absolute Gasteiger partial charge is 0.494 e. The first kappa shape index (κ1) is 22.6. The van der Waals surface area contributed by atoms with Crippen LogP contribution in [-0.2, 0) is 6.54 Å². The minimum atomic E-state index is -0.147. The maximum Gasteiger partial charge on any atom is 0.263 e. The summed E-state index contributed by atoms with van der Waals surface area (Å²) in [4.78, 5) is 23.7. The monoisotopic (exact) mass is 446 g/mol. The van der Waals surface area contributed by atoms with E-state index in [2.05, 4.69) is 27.1 Å². The number of benzene rings is 2. The number of nitrogens with zero attached hydrogens (tertiary/aromatic N) is 3. The van der Waals surface area contributed by atoms with Crippen LogP contribution < -0.4 is 19.7 Å². The van der Waals surface area contributed by atoms with Gasteiger partial charge in [0.05, 0.1) is 6.61 Å². The molecule has 1 amide bonds. The molecule has 0 spiro atoms. The van der Waals surface area contributed by atoms with E-state index in [0.717, 1.165) is 49.0 Å². The summed E-state index contributed by atoms with van der Waals surface area (Å²) in [6, 6.07) is 14.8. The SMILES string of the molecule is CCOc1cccc(CNC(=O)c2ccc(Oc3nccnc3N3CCC(C)CC3)cc2)c1. The van der Waals surface area contributed by atoms with Crippen LogP contribution in [0.3, 0.4) is 0 Å². The fourth-order valence-electron chi connectivity index (χ4n) is 3.81. The molecule has 3 aromatic rings. The van der Waals surface area contributed by atoms with Gasteiger partial charge >= 0.3 is 0 Å². The Morgan fingerprint density at radius 2 is 1.82 bits per heavy atom. The number of carbonyl (C=O) groups excluding carboxylic acids is 1. The zero-order valence-corrected chi connectivity index (χ0v) is 19.2. The summed E-state index contributed by atoms with van der Waals surface area (Å²) in [6.45, 7) is 7.15. The number of aromatic nitrogens is 2. The summed E-state index contributed by atoms with van der Waals surface area (Å²) in [5.74, 6) is 3.25. The molecule has 33 heavy (non-hydrogen) atoms. The van der Waals surface area contributed by atoms with E-state index in [-0.39, 0.29) is 5.91 Å². The third-order valence-corrected chi connectivity index (χ3v) is 5.72. The Bertz CT molecular complexity index is 1060. The van der Waals surface area contributed by atoms with E-state index in [9.17, 15) is 4.79 Å². The molecular weight excluding hydrogens is 416 g/mol. The van der Waals surface area contributed by atoms with Crippen molar-refractivity contribution in [2.24, 2.45) is 5.92 Å². The van der Waals surface area contributed by atoms with Crippen LogP contribution in [0.15, 0.2) is 60.9 Å². The van der Waals surface area contributed by atoms with E-state index in [0.29, 0.717) is 30.3 Å². The first-order chi connectivity index (χ1) is 16.1. The number of anilines is 1. The second-order valence-corrected chi connectivity index (χ2v) is 8.24. The average molecular weight is 447 g/mol. The standard InChI is InChI=1S/C26H30N4O3/c1-3-32-23-6-4-5-20(17-23)18-29-25(31)21-7-9-22(10-8-21)33-26-24(27-13-14-28-26)30-15-11-19(2)12-16-30/h4-10,13-14,17,19H,3,11-12,15-16,18H2,1-2H3,(H,29,31). The average Bonchev–Trinajstić information content (AvgIpc) is 2.84. The predicted molar refractivity (Wildman–Crippen MR) is 128 cm³/mol. The molecule has 0 saturated carbocycles.